The predicted molar refractivity (Wildman–Crippen MR) is 238 cm³/mol. The molecule has 63 heavy (non-hydrogen) atoms. The van der Waals surface area contributed by atoms with Crippen LogP contribution in [-0.2, 0) is 38.0 Å². The lowest BCUT2D eigenvalue weighted by molar-refractivity contribution is -0.332. The lowest BCUT2D eigenvalue weighted by atomic mass is 9.98. The minimum atomic E-state index is -1.77. The highest BCUT2D eigenvalue weighted by Gasteiger charge is 2.47. The number of allylic oxidation sites excluding steroid dienone is 4. The van der Waals surface area contributed by atoms with Gasteiger partial charge in [-0.2, -0.15) is 0 Å². The summed E-state index contributed by atoms with van der Waals surface area (Å²) in [5, 5.41) is 71.9. The normalized spacial score (nSPS) is 27.0. The van der Waals surface area contributed by atoms with Crippen molar-refractivity contribution in [2.45, 2.75) is 242 Å². The molecule has 2 aliphatic heterocycles. The lowest BCUT2D eigenvalue weighted by Crippen LogP contribution is -2.61. The van der Waals surface area contributed by atoms with Crippen molar-refractivity contribution in [3.8, 4) is 0 Å². The third-order valence-corrected chi connectivity index (χ3v) is 11.7. The van der Waals surface area contributed by atoms with Crippen LogP contribution < -0.4 is 0 Å². The molecule has 0 aromatic carbocycles. The maximum atomic E-state index is 12.9. The van der Waals surface area contributed by atoms with Gasteiger partial charge in [-0.3, -0.25) is 9.59 Å². The van der Waals surface area contributed by atoms with Crippen molar-refractivity contribution in [3.05, 3.63) is 24.3 Å². The van der Waals surface area contributed by atoms with Crippen molar-refractivity contribution in [1.82, 2.24) is 0 Å². The molecule has 2 fully saturated rings. The molecule has 15 heteroatoms. The monoisotopic (exact) mass is 903 g/mol. The molecule has 2 aliphatic rings. The number of ether oxygens (including phenoxy) is 6. The molecule has 2 rings (SSSR count). The third kappa shape index (κ3) is 24.9. The summed E-state index contributed by atoms with van der Waals surface area (Å²) >= 11 is 0. The Balaban J connectivity index is 1.85. The van der Waals surface area contributed by atoms with E-state index < -0.39 is 92.7 Å². The molecular formula is C48H86O15. The van der Waals surface area contributed by atoms with Crippen molar-refractivity contribution >= 4 is 11.9 Å². The number of hydrogen-bond donors (Lipinski definition) is 7. The highest BCUT2D eigenvalue weighted by atomic mass is 16.7. The Labute approximate surface area is 377 Å². The summed E-state index contributed by atoms with van der Waals surface area (Å²) in [6.07, 6.45) is 17.9. The van der Waals surface area contributed by atoms with Gasteiger partial charge in [-0.1, -0.05) is 141 Å². The van der Waals surface area contributed by atoms with Crippen LogP contribution >= 0.6 is 0 Å². The summed E-state index contributed by atoms with van der Waals surface area (Å²) in [4.78, 5) is 25.6. The van der Waals surface area contributed by atoms with Gasteiger partial charge in [-0.05, 0) is 44.9 Å². The molecule has 0 saturated carbocycles. The molecule has 0 radical (unpaired) electrons. The number of hydrogen-bond acceptors (Lipinski definition) is 15. The topological polar surface area (TPSA) is 231 Å². The van der Waals surface area contributed by atoms with E-state index in [0.717, 1.165) is 44.9 Å². The highest BCUT2D eigenvalue weighted by Crippen LogP contribution is 2.26. The first-order valence-electron chi connectivity index (χ1n) is 24.4. The molecule has 0 amide bonds. The SMILES string of the molecule is CCCCCCCC/C=C/C/C=C/CCCCC(=O)OC[C@H](CO[C@@H]1O[C@H](CO[C@@H]2O[C@H](CO)[C@H](O)C(O)C2O)[C@H](O)C(O)C1O)OC(=O)CCCCCCCCCCCCCC. The summed E-state index contributed by atoms with van der Waals surface area (Å²) in [5.41, 5.74) is 0. The van der Waals surface area contributed by atoms with Gasteiger partial charge in [0.15, 0.2) is 18.7 Å². The first kappa shape index (κ1) is 57.1. The third-order valence-electron chi connectivity index (χ3n) is 11.7. The van der Waals surface area contributed by atoms with Gasteiger partial charge in [-0.15, -0.1) is 0 Å². The highest BCUT2D eigenvalue weighted by molar-refractivity contribution is 5.70. The standard InChI is InChI=1S/C48H86O15/c1-3-5-7-9-11-13-15-17-18-19-21-22-24-26-28-30-39(50)58-33-36(61-40(51)31-29-27-25-23-20-16-14-12-10-8-6-4-2)34-59-47-46(57)44(55)42(53)38(63-47)35-60-48-45(56)43(54)41(52)37(32-49)62-48/h17-18,21-22,36-38,41-49,52-57H,3-16,19-20,23-35H2,1-2H3/b18-17+,22-21+/t36-,37-,38-,41+,42+,43?,44?,45?,46?,47-,48-/m1/s1. The van der Waals surface area contributed by atoms with Gasteiger partial charge in [-0.25, -0.2) is 0 Å². The van der Waals surface area contributed by atoms with Crippen LogP contribution in [-0.4, -0.2) is 142 Å². The van der Waals surface area contributed by atoms with Crippen molar-refractivity contribution in [1.29, 1.82) is 0 Å². The van der Waals surface area contributed by atoms with Gasteiger partial charge >= 0.3 is 11.9 Å². The zero-order chi connectivity index (χ0) is 46.1. The fraction of sp³-hybridized carbons (Fsp3) is 0.875. The number of carbonyl (C=O) groups is 2. The average Bonchev–Trinajstić information content (AvgIpc) is 3.28. The van der Waals surface area contributed by atoms with Crippen molar-refractivity contribution < 1.29 is 73.8 Å². The molecule has 2 heterocycles. The predicted octanol–water partition coefficient (Wildman–Crippen LogP) is 5.99. The Bertz CT molecular complexity index is 1200. The molecule has 0 aromatic rings. The summed E-state index contributed by atoms with van der Waals surface area (Å²) in [6.45, 7) is 2.54. The van der Waals surface area contributed by atoms with E-state index in [1.807, 2.05) is 0 Å². The van der Waals surface area contributed by atoms with E-state index in [-0.39, 0.29) is 26.1 Å². The first-order valence-corrected chi connectivity index (χ1v) is 24.4. The molecule has 7 N–H and O–H groups in total. The zero-order valence-electron chi connectivity index (χ0n) is 38.6. The molecule has 368 valence electrons. The van der Waals surface area contributed by atoms with Gasteiger partial charge in [0.25, 0.3) is 0 Å². The first-order chi connectivity index (χ1) is 30.5. The second-order valence-electron chi connectivity index (χ2n) is 17.3. The second-order valence-corrected chi connectivity index (χ2v) is 17.3. The summed E-state index contributed by atoms with van der Waals surface area (Å²) < 4.78 is 33.5. The number of unbranched alkanes of at least 4 members (excludes halogenated alkanes) is 19. The number of esters is 2. The van der Waals surface area contributed by atoms with Crippen LogP contribution in [0.1, 0.15) is 174 Å². The minimum Gasteiger partial charge on any atom is -0.462 e. The van der Waals surface area contributed by atoms with Gasteiger partial charge < -0.3 is 64.2 Å². The molecule has 0 bridgehead atoms. The number of aliphatic hydroxyl groups excluding tert-OH is 7. The molecule has 0 aromatic heterocycles. The van der Waals surface area contributed by atoms with Gasteiger partial charge in [0.2, 0.25) is 0 Å². The second kappa shape index (κ2) is 36.1. The van der Waals surface area contributed by atoms with Gasteiger partial charge in [0.05, 0.1) is 19.8 Å². The summed E-state index contributed by atoms with van der Waals surface area (Å²) in [7, 11) is 0. The fourth-order valence-electron chi connectivity index (χ4n) is 7.60. The maximum absolute atomic E-state index is 12.9. The van der Waals surface area contributed by atoms with E-state index in [1.54, 1.807) is 0 Å². The van der Waals surface area contributed by atoms with Crippen LogP contribution in [0, 0.1) is 0 Å². The molecule has 2 saturated heterocycles. The van der Waals surface area contributed by atoms with E-state index in [2.05, 4.69) is 38.2 Å². The van der Waals surface area contributed by atoms with E-state index >= 15 is 0 Å². The summed E-state index contributed by atoms with van der Waals surface area (Å²) in [5.74, 6) is -0.960. The minimum absolute atomic E-state index is 0.162. The largest absolute Gasteiger partial charge is 0.462 e. The van der Waals surface area contributed by atoms with E-state index in [9.17, 15) is 45.3 Å². The van der Waals surface area contributed by atoms with E-state index in [0.29, 0.717) is 12.8 Å². The Morgan fingerprint density at radius 2 is 0.952 bits per heavy atom. The Kier molecular flexibility index (Phi) is 32.8. The molecule has 0 aliphatic carbocycles. The van der Waals surface area contributed by atoms with Gasteiger partial charge in [0, 0.05) is 12.8 Å². The maximum Gasteiger partial charge on any atom is 0.306 e. The number of rotatable bonds is 37. The fourth-order valence-corrected chi connectivity index (χ4v) is 7.60. The van der Waals surface area contributed by atoms with Gasteiger partial charge in [0.1, 0.15) is 55.4 Å². The van der Waals surface area contributed by atoms with E-state index in [4.69, 9.17) is 28.4 Å². The Morgan fingerprint density at radius 3 is 1.51 bits per heavy atom. The molecule has 4 unspecified atom stereocenters. The van der Waals surface area contributed by atoms with Crippen LogP contribution in [0.3, 0.4) is 0 Å². The van der Waals surface area contributed by atoms with Crippen molar-refractivity contribution in [3.63, 3.8) is 0 Å². The Hall–Kier alpha value is -2.02. The Morgan fingerprint density at radius 1 is 0.508 bits per heavy atom. The van der Waals surface area contributed by atoms with Crippen LogP contribution in [0.5, 0.6) is 0 Å². The summed E-state index contributed by atoms with van der Waals surface area (Å²) in [6, 6.07) is 0. The average molecular weight is 903 g/mol. The quantitative estimate of drug-likeness (QED) is 0.0216. The van der Waals surface area contributed by atoms with Crippen molar-refractivity contribution in [2.75, 3.05) is 26.4 Å². The molecule has 11 atom stereocenters. The van der Waals surface area contributed by atoms with Crippen LogP contribution in [0.15, 0.2) is 24.3 Å². The van der Waals surface area contributed by atoms with Crippen LogP contribution in [0.25, 0.3) is 0 Å². The number of carbonyl (C=O) groups excluding carboxylic acids is 2. The van der Waals surface area contributed by atoms with Crippen LogP contribution in [0.4, 0.5) is 0 Å². The zero-order valence-corrected chi connectivity index (χ0v) is 38.6. The van der Waals surface area contributed by atoms with E-state index in [1.165, 1.54) is 89.9 Å². The molecular weight excluding hydrogens is 817 g/mol. The molecule has 0 spiro atoms. The number of aliphatic hydroxyl groups is 7. The van der Waals surface area contributed by atoms with Crippen molar-refractivity contribution in [2.24, 2.45) is 0 Å². The molecule has 15 nitrogen and oxygen atoms in total. The lowest BCUT2D eigenvalue weighted by Gasteiger charge is -2.42. The smallest absolute Gasteiger partial charge is 0.306 e. The van der Waals surface area contributed by atoms with Crippen LogP contribution in [0.2, 0.25) is 0 Å².